The van der Waals surface area contributed by atoms with Crippen molar-refractivity contribution in [2.45, 2.75) is 6.92 Å². The van der Waals surface area contributed by atoms with E-state index < -0.39 is 0 Å². The van der Waals surface area contributed by atoms with Crippen molar-refractivity contribution in [2.24, 2.45) is 0 Å². The van der Waals surface area contributed by atoms with Gasteiger partial charge in [0.25, 0.3) is 5.91 Å². The number of H-pyrrole nitrogens is 1. The molecule has 106 valence electrons. The number of nitrogens with one attached hydrogen (secondary N) is 1. The Balaban J connectivity index is 2.20. The van der Waals surface area contributed by atoms with Crippen LogP contribution in [0.25, 0.3) is 11.3 Å². The van der Waals surface area contributed by atoms with Gasteiger partial charge in [-0.1, -0.05) is 0 Å². The fourth-order valence-electron chi connectivity index (χ4n) is 1.89. The van der Waals surface area contributed by atoms with Crippen molar-refractivity contribution in [3.63, 3.8) is 0 Å². The van der Waals surface area contributed by atoms with Gasteiger partial charge < -0.3 is 10.0 Å². The minimum Gasteiger partial charge on any atom is -0.395 e. The van der Waals surface area contributed by atoms with Crippen LogP contribution in [0.3, 0.4) is 0 Å². The normalized spacial score (nSPS) is 10.6. The molecule has 20 heavy (non-hydrogen) atoms. The predicted molar refractivity (Wildman–Crippen MR) is 72.6 cm³/mol. The number of rotatable bonds is 5. The Morgan fingerprint density at radius 2 is 2.10 bits per heavy atom. The Kier molecular flexibility index (Phi) is 4.47. The van der Waals surface area contributed by atoms with Crippen molar-refractivity contribution in [3.8, 4) is 11.3 Å². The van der Waals surface area contributed by atoms with Crippen LogP contribution in [-0.4, -0.2) is 45.8 Å². The van der Waals surface area contributed by atoms with E-state index in [4.69, 9.17) is 5.11 Å². The number of amides is 1. The van der Waals surface area contributed by atoms with Gasteiger partial charge in [0.1, 0.15) is 11.5 Å². The van der Waals surface area contributed by atoms with Crippen LogP contribution < -0.4 is 0 Å². The molecule has 5 nitrogen and oxygen atoms in total. The number of aromatic amines is 1. The Morgan fingerprint density at radius 1 is 1.40 bits per heavy atom. The number of benzene rings is 1. The summed E-state index contributed by atoms with van der Waals surface area (Å²) in [7, 11) is 0. The second-order valence-electron chi connectivity index (χ2n) is 4.28. The Hall–Kier alpha value is -2.21. The van der Waals surface area contributed by atoms with E-state index in [1.807, 2.05) is 6.92 Å². The number of carbonyl (C=O) groups excluding carboxylic acids is 1. The lowest BCUT2D eigenvalue weighted by molar-refractivity contribution is 0.0726. The number of likely N-dealkylation sites (N-methyl/N-ethyl adjacent to an activating group) is 1. The van der Waals surface area contributed by atoms with Crippen molar-refractivity contribution in [3.05, 3.63) is 41.8 Å². The molecule has 0 radical (unpaired) electrons. The van der Waals surface area contributed by atoms with E-state index in [-0.39, 0.29) is 24.9 Å². The SMILES string of the molecule is CCN(CCO)C(=O)c1cc(-c2ccc(F)cc2)n[nH]1. The zero-order valence-electron chi connectivity index (χ0n) is 11.1. The first-order chi connectivity index (χ1) is 9.65. The number of nitrogens with zero attached hydrogens (tertiary/aromatic N) is 2. The maximum absolute atomic E-state index is 12.9. The zero-order chi connectivity index (χ0) is 14.5. The van der Waals surface area contributed by atoms with Crippen molar-refractivity contribution in [1.29, 1.82) is 0 Å². The maximum atomic E-state index is 12.9. The molecule has 2 N–H and O–H groups in total. The van der Waals surface area contributed by atoms with Gasteiger partial charge in [-0.15, -0.1) is 0 Å². The number of hydrogen-bond acceptors (Lipinski definition) is 3. The highest BCUT2D eigenvalue weighted by molar-refractivity contribution is 5.93. The predicted octanol–water partition coefficient (Wildman–Crippen LogP) is 1.67. The molecule has 0 unspecified atom stereocenters. The Morgan fingerprint density at radius 3 is 2.70 bits per heavy atom. The first-order valence-corrected chi connectivity index (χ1v) is 6.37. The topological polar surface area (TPSA) is 69.2 Å². The highest BCUT2D eigenvalue weighted by Crippen LogP contribution is 2.18. The standard InChI is InChI=1S/C14H16FN3O2/c1-2-18(7-8-19)14(20)13-9-12(16-17-13)10-3-5-11(15)6-4-10/h3-6,9,19H,2,7-8H2,1H3,(H,16,17). The second-order valence-corrected chi connectivity index (χ2v) is 4.28. The highest BCUT2D eigenvalue weighted by Gasteiger charge is 2.16. The molecular weight excluding hydrogens is 261 g/mol. The van der Waals surface area contributed by atoms with Crippen LogP contribution in [-0.2, 0) is 0 Å². The summed E-state index contributed by atoms with van der Waals surface area (Å²) in [5.74, 6) is -0.539. The molecule has 0 aliphatic carbocycles. The lowest BCUT2D eigenvalue weighted by atomic mass is 10.1. The van der Waals surface area contributed by atoms with E-state index in [0.29, 0.717) is 17.9 Å². The molecule has 0 aliphatic rings. The first-order valence-electron chi connectivity index (χ1n) is 6.37. The number of aliphatic hydroxyl groups excluding tert-OH is 1. The van der Waals surface area contributed by atoms with Crippen molar-refractivity contribution < 1.29 is 14.3 Å². The maximum Gasteiger partial charge on any atom is 0.271 e. The van der Waals surface area contributed by atoms with E-state index >= 15 is 0 Å². The summed E-state index contributed by atoms with van der Waals surface area (Å²) in [6.07, 6.45) is 0. The van der Waals surface area contributed by atoms with E-state index in [0.717, 1.165) is 5.56 Å². The molecule has 1 aromatic heterocycles. The third-order valence-corrected chi connectivity index (χ3v) is 2.99. The molecule has 1 heterocycles. The highest BCUT2D eigenvalue weighted by atomic mass is 19.1. The number of carbonyl (C=O) groups is 1. The summed E-state index contributed by atoms with van der Waals surface area (Å²) in [6, 6.07) is 7.51. The zero-order valence-corrected chi connectivity index (χ0v) is 11.1. The molecule has 0 saturated heterocycles. The molecule has 2 rings (SSSR count). The first kappa shape index (κ1) is 14.2. The molecular formula is C14H16FN3O2. The molecule has 0 bridgehead atoms. The average Bonchev–Trinajstić information content (AvgIpc) is 2.94. The monoisotopic (exact) mass is 277 g/mol. The van der Waals surface area contributed by atoms with Gasteiger partial charge >= 0.3 is 0 Å². The van der Waals surface area contributed by atoms with Crippen LogP contribution in [0, 0.1) is 5.82 Å². The molecule has 0 saturated carbocycles. The van der Waals surface area contributed by atoms with E-state index in [9.17, 15) is 9.18 Å². The Labute approximate surface area is 116 Å². The van der Waals surface area contributed by atoms with Gasteiger partial charge in [0.15, 0.2) is 0 Å². The molecule has 1 aromatic carbocycles. The van der Waals surface area contributed by atoms with Gasteiger partial charge in [0, 0.05) is 18.7 Å². The summed E-state index contributed by atoms with van der Waals surface area (Å²) < 4.78 is 12.9. The van der Waals surface area contributed by atoms with Gasteiger partial charge in [0.2, 0.25) is 0 Å². The molecule has 0 atom stereocenters. The van der Waals surface area contributed by atoms with Crippen molar-refractivity contribution in [1.82, 2.24) is 15.1 Å². The third-order valence-electron chi connectivity index (χ3n) is 2.99. The lowest BCUT2D eigenvalue weighted by Crippen LogP contribution is -2.33. The van der Waals surface area contributed by atoms with Crippen LogP contribution in [0.4, 0.5) is 4.39 Å². The van der Waals surface area contributed by atoms with Crippen LogP contribution in [0.5, 0.6) is 0 Å². The number of aliphatic hydroxyl groups is 1. The summed E-state index contributed by atoms with van der Waals surface area (Å²) in [6.45, 7) is 2.54. The number of aromatic nitrogens is 2. The molecule has 1 amide bonds. The fraction of sp³-hybridized carbons (Fsp3) is 0.286. The van der Waals surface area contributed by atoms with Crippen molar-refractivity contribution in [2.75, 3.05) is 19.7 Å². The second kappa shape index (κ2) is 6.29. The van der Waals surface area contributed by atoms with Gasteiger partial charge in [-0.3, -0.25) is 9.89 Å². The molecule has 0 aliphatic heterocycles. The lowest BCUT2D eigenvalue weighted by Gasteiger charge is -2.18. The number of hydrogen-bond donors (Lipinski definition) is 2. The van der Waals surface area contributed by atoms with Crippen LogP contribution >= 0.6 is 0 Å². The average molecular weight is 277 g/mol. The fourth-order valence-corrected chi connectivity index (χ4v) is 1.89. The summed E-state index contributed by atoms with van der Waals surface area (Å²) in [5.41, 5.74) is 1.65. The third kappa shape index (κ3) is 3.03. The van der Waals surface area contributed by atoms with E-state index in [1.54, 1.807) is 18.2 Å². The van der Waals surface area contributed by atoms with E-state index in [1.165, 1.54) is 17.0 Å². The van der Waals surface area contributed by atoms with E-state index in [2.05, 4.69) is 10.2 Å². The van der Waals surface area contributed by atoms with Gasteiger partial charge in [-0.25, -0.2) is 4.39 Å². The quantitative estimate of drug-likeness (QED) is 0.873. The summed E-state index contributed by atoms with van der Waals surface area (Å²) in [5, 5.41) is 15.6. The largest absolute Gasteiger partial charge is 0.395 e. The van der Waals surface area contributed by atoms with Crippen LogP contribution in [0.1, 0.15) is 17.4 Å². The number of halogens is 1. The smallest absolute Gasteiger partial charge is 0.271 e. The molecule has 6 heteroatoms. The molecule has 0 spiro atoms. The molecule has 0 fully saturated rings. The van der Waals surface area contributed by atoms with Crippen molar-refractivity contribution >= 4 is 5.91 Å². The summed E-state index contributed by atoms with van der Waals surface area (Å²) >= 11 is 0. The van der Waals surface area contributed by atoms with Gasteiger partial charge in [-0.2, -0.15) is 5.10 Å². The molecule has 2 aromatic rings. The van der Waals surface area contributed by atoms with Gasteiger partial charge in [-0.05, 0) is 37.3 Å². The van der Waals surface area contributed by atoms with Crippen LogP contribution in [0.15, 0.2) is 30.3 Å². The van der Waals surface area contributed by atoms with Crippen LogP contribution in [0.2, 0.25) is 0 Å². The summed E-state index contributed by atoms with van der Waals surface area (Å²) in [4.78, 5) is 13.7. The minimum atomic E-state index is -0.319. The Bertz CT molecular complexity index is 580. The minimum absolute atomic E-state index is 0.0848. The van der Waals surface area contributed by atoms with Gasteiger partial charge in [0.05, 0.1) is 12.3 Å².